The van der Waals surface area contributed by atoms with Gasteiger partial charge in [0.05, 0.1) is 7.11 Å². The van der Waals surface area contributed by atoms with Crippen molar-refractivity contribution in [1.82, 2.24) is 0 Å². The minimum Gasteiger partial charge on any atom is -0.497 e. The Kier molecular flexibility index (Phi) is 3.72. The van der Waals surface area contributed by atoms with Crippen LogP contribution in [-0.2, 0) is 4.79 Å². The fraction of sp³-hybridized carbons (Fsp3) is 0.167. The Morgan fingerprint density at radius 2 is 2.33 bits per heavy atom. The number of amides is 1. The number of methoxy groups -OCH3 is 1. The Hall–Kier alpha value is -1.99. The molecule has 1 rings (SSSR count). The molecule has 3 nitrogen and oxygen atoms in total. The predicted molar refractivity (Wildman–Crippen MR) is 60.1 cm³/mol. The largest absolute Gasteiger partial charge is 0.497 e. The molecular weight excluding hydrogens is 190 g/mol. The van der Waals surface area contributed by atoms with E-state index in [2.05, 4.69) is 12.3 Å². The molecule has 15 heavy (non-hydrogen) atoms. The molecule has 1 aromatic rings. The lowest BCUT2D eigenvalue weighted by atomic mass is 10.2. The van der Waals surface area contributed by atoms with Gasteiger partial charge in [0.15, 0.2) is 0 Å². The Balaban J connectivity index is 2.95. The molecule has 0 saturated carbocycles. The zero-order valence-corrected chi connectivity index (χ0v) is 8.86. The molecule has 0 aliphatic heterocycles. The molecule has 1 aromatic carbocycles. The zero-order chi connectivity index (χ0) is 11.3. The van der Waals surface area contributed by atoms with E-state index in [1.807, 2.05) is 18.2 Å². The van der Waals surface area contributed by atoms with Crippen molar-refractivity contribution >= 4 is 11.6 Å². The third-order valence-electron chi connectivity index (χ3n) is 2.00. The third-order valence-corrected chi connectivity index (χ3v) is 2.00. The number of ether oxygens (including phenoxy) is 1. The predicted octanol–water partition coefficient (Wildman–Crippen LogP) is 2.00. The van der Waals surface area contributed by atoms with E-state index in [9.17, 15) is 4.79 Å². The molecular formula is C12H13NO2. The molecule has 0 spiro atoms. The van der Waals surface area contributed by atoms with Crippen LogP contribution in [0.3, 0.4) is 0 Å². The molecule has 0 heterocycles. The lowest BCUT2D eigenvalue weighted by Gasteiger charge is -2.15. The van der Waals surface area contributed by atoms with Crippen LogP contribution in [-0.4, -0.2) is 20.1 Å². The first-order valence-electron chi connectivity index (χ1n) is 4.46. The Bertz CT molecular complexity index is 406. The van der Waals surface area contributed by atoms with E-state index in [1.54, 1.807) is 20.2 Å². The molecule has 78 valence electrons. The number of likely N-dealkylation sites (N-methyl/N-ethyl adjacent to an activating group) is 1. The highest BCUT2D eigenvalue weighted by molar-refractivity contribution is 6.00. The SMILES string of the molecule is C=C=CC(=O)N(C)c1cccc(OC)c1. The van der Waals surface area contributed by atoms with E-state index in [4.69, 9.17) is 4.74 Å². The standard InChI is InChI=1S/C12H13NO2/c1-4-6-12(14)13(2)10-7-5-8-11(9-10)15-3/h5-9H,1H2,2-3H3. The van der Waals surface area contributed by atoms with Gasteiger partial charge in [-0.25, -0.2) is 0 Å². The maximum Gasteiger partial charge on any atom is 0.258 e. The third kappa shape index (κ3) is 2.73. The van der Waals surface area contributed by atoms with Crippen LogP contribution in [0.4, 0.5) is 5.69 Å². The Morgan fingerprint density at radius 3 is 2.93 bits per heavy atom. The van der Waals surface area contributed by atoms with Gasteiger partial charge >= 0.3 is 0 Å². The maximum atomic E-state index is 11.5. The van der Waals surface area contributed by atoms with Gasteiger partial charge in [0.2, 0.25) is 0 Å². The summed E-state index contributed by atoms with van der Waals surface area (Å²) in [6.45, 7) is 3.36. The summed E-state index contributed by atoms with van der Waals surface area (Å²) < 4.78 is 5.07. The summed E-state index contributed by atoms with van der Waals surface area (Å²) in [7, 11) is 3.27. The topological polar surface area (TPSA) is 29.5 Å². The molecule has 0 aliphatic rings. The minimum absolute atomic E-state index is 0.168. The molecule has 0 atom stereocenters. The van der Waals surface area contributed by atoms with Crippen molar-refractivity contribution in [3.05, 3.63) is 42.7 Å². The summed E-state index contributed by atoms with van der Waals surface area (Å²) in [6, 6.07) is 7.27. The van der Waals surface area contributed by atoms with E-state index in [-0.39, 0.29) is 5.91 Å². The van der Waals surface area contributed by atoms with Gasteiger partial charge < -0.3 is 9.64 Å². The van der Waals surface area contributed by atoms with E-state index in [0.717, 1.165) is 11.4 Å². The maximum absolute atomic E-state index is 11.5. The van der Waals surface area contributed by atoms with Crippen molar-refractivity contribution in [3.63, 3.8) is 0 Å². The van der Waals surface area contributed by atoms with Crippen molar-refractivity contribution in [2.45, 2.75) is 0 Å². The van der Waals surface area contributed by atoms with E-state index in [1.165, 1.54) is 11.0 Å². The average Bonchev–Trinajstić information content (AvgIpc) is 2.28. The second-order valence-electron chi connectivity index (χ2n) is 2.95. The number of hydrogen-bond acceptors (Lipinski definition) is 2. The highest BCUT2D eigenvalue weighted by Crippen LogP contribution is 2.19. The van der Waals surface area contributed by atoms with Crippen LogP contribution in [0.1, 0.15) is 0 Å². The van der Waals surface area contributed by atoms with Gasteiger partial charge in [-0.15, -0.1) is 5.73 Å². The van der Waals surface area contributed by atoms with Crippen molar-refractivity contribution in [3.8, 4) is 5.75 Å². The van der Waals surface area contributed by atoms with Gasteiger partial charge in [-0.3, -0.25) is 4.79 Å². The number of anilines is 1. The quantitative estimate of drug-likeness (QED) is 0.555. The molecule has 0 N–H and O–H groups in total. The first-order valence-corrected chi connectivity index (χ1v) is 4.46. The lowest BCUT2D eigenvalue weighted by Crippen LogP contribution is -2.23. The normalized spacial score (nSPS) is 8.93. The number of benzene rings is 1. The number of carbonyl (C=O) groups is 1. The molecule has 1 amide bonds. The van der Waals surface area contributed by atoms with Crippen LogP contribution >= 0.6 is 0 Å². The number of hydrogen-bond donors (Lipinski definition) is 0. The summed E-state index contributed by atoms with van der Waals surface area (Å²) in [6.07, 6.45) is 1.29. The molecule has 0 unspecified atom stereocenters. The molecule has 3 heteroatoms. The Labute approximate surface area is 89.3 Å². The molecule has 0 aliphatic carbocycles. The summed E-state index contributed by atoms with van der Waals surface area (Å²) in [4.78, 5) is 13.0. The number of rotatable bonds is 3. The Morgan fingerprint density at radius 1 is 1.60 bits per heavy atom. The molecule has 0 aromatic heterocycles. The van der Waals surface area contributed by atoms with E-state index in [0.29, 0.717) is 0 Å². The van der Waals surface area contributed by atoms with Gasteiger partial charge in [0, 0.05) is 24.9 Å². The minimum atomic E-state index is -0.168. The monoisotopic (exact) mass is 203 g/mol. The van der Waals surface area contributed by atoms with Crippen molar-refractivity contribution in [1.29, 1.82) is 0 Å². The van der Waals surface area contributed by atoms with Crippen LogP contribution in [0.5, 0.6) is 5.75 Å². The van der Waals surface area contributed by atoms with Gasteiger partial charge in [0.25, 0.3) is 5.91 Å². The van der Waals surface area contributed by atoms with Crippen LogP contribution in [0.25, 0.3) is 0 Å². The molecule has 0 saturated heterocycles. The number of carbonyl (C=O) groups excluding carboxylic acids is 1. The first-order chi connectivity index (χ1) is 7.19. The van der Waals surface area contributed by atoms with Crippen molar-refractivity contribution < 1.29 is 9.53 Å². The molecule has 0 radical (unpaired) electrons. The van der Waals surface area contributed by atoms with Gasteiger partial charge in [0.1, 0.15) is 5.75 Å². The number of nitrogens with zero attached hydrogens (tertiary/aromatic N) is 1. The van der Waals surface area contributed by atoms with Gasteiger partial charge in [-0.2, -0.15) is 0 Å². The van der Waals surface area contributed by atoms with E-state index >= 15 is 0 Å². The highest BCUT2D eigenvalue weighted by Gasteiger charge is 2.07. The van der Waals surface area contributed by atoms with Gasteiger partial charge in [-0.05, 0) is 12.1 Å². The van der Waals surface area contributed by atoms with Crippen molar-refractivity contribution in [2.75, 3.05) is 19.1 Å². The summed E-state index contributed by atoms with van der Waals surface area (Å²) in [5.41, 5.74) is 3.22. The fourth-order valence-electron chi connectivity index (χ4n) is 1.13. The zero-order valence-electron chi connectivity index (χ0n) is 8.86. The second kappa shape index (κ2) is 5.03. The summed E-state index contributed by atoms with van der Waals surface area (Å²) in [5, 5.41) is 0. The second-order valence-corrected chi connectivity index (χ2v) is 2.95. The van der Waals surface area contributed by atoms with Crippen LogP contribution in [0.15, 0.2) is 42.7 Å². The fourth-order valence-corrected chi connectivity index (χ4v) is 1.13. The first kappa shape index (κ1) is 11.1. The highest BCUT2D eigenvalue weighted by atomic mass is 16.5. The van der Waals surface area contributed by atoms with Crippen molar-refractivity contribution in [2.24, 2.45) is 0 Å². The average molecular weight is 203 g/mol. The van der Waals surface area contributed by atoms with E-state index < -0.39 is 0 Å². The van der Waals surface area contributed by atoms with Crippen LogP contribution in [0.2, 0.25) is 0 Å². The lowest BCUT2D eigenvalue weighted by molar-refractivity contribution is -0.113. The van der Waals surface area contributed by atoms with Crippen LogP contribution < -0.4 is 9.64 Å². The molecule has 0 fully saturated rings. The van der Waals surface area contributed by atoms with Gasteiger partial charge in [-0.1, -0.05) is 12.6 Å². The summed E-state index contributed by atoms with van der Waals surface area (Å²) >= 11 is 0. The summed E-state index contributed by atoms with van der Waals surface area (Å²) in [5.74, 6) is 0.549. The smallest absolute Gasteiger partial charge is 0.258 e. The molecule has 0 bridgehead atoms. The van der Waals surface area contributed by atoms with Crippen LogP contribution in [0, 0.1) is 0 Å².